The van der Waals surface area contributed by atoms with Gasteiger partial charge in [0.1, 0.15) is 11.9 Å². The van der Waals surface area contributed by atoms with Gasteiger partial charge < -0.3 is 4.29 Å². The Bertz CT molecular complexity index is 344. The van der Waals surface area contributed by atoms with E-state index in [9.17, 15) is 4.79 Å². The highest BCUT2D eigenvalue weighted by Crippen LogP contribution is 2.13. The summed E-state index contributed by atoms with van der Waals surface area (Å²) in [6.07, 6.45) is 3.35. The van der Waals surface area contributed by atoms with Crippen molar-refractivity contribution in [1.29, 1.82) is 0 Å². The van der Waals surface area contributed by atoms with Gasteiger partial charge >= 0.3 is 5.97 Å². The van der Waals surface area contributed by atoms with Crippen LogP contribution in [0.25, 0.3) is 6.08 Å². The topological polar surface area (TPSA) is 26.3 Å². The number of carbonyl (C=O) groups excluding carboxylic acids is 1. The molecule has 3 heteroatoms. The van der Waals surface area contributed by atoms with Gasteiger partial charge in [-0.15, -0.1) is 0 Å². The highest BCUT2D eigenvalue weighted by molar-refractivity contribution is 6.16. The van der Waals surface area contributed by atoms with Gasteiger partial charge in [0.2, 0.25) is 0 Å². The number of rotatable bonds is 4. The first-order valence-electron chi connectivity index (χ1n) is 4.86. The Morgan fingerprint density at radius 2 is 2.07 bits per heavy atom. The van der Waals surface area contributed by atoms with Crippen LogP contribution in [0.1, 0.15) is 25.3 Å². The average Bonchev–Trinajstić information content (AvgIpc) is 2.29. The van der Waals surface area contributed by atoms with Gasteiger partial charge in [0.15, 0.2) is 0 Å². The molecule has 0 fully saturated rings. The maximum Gasteiger partial charge on any atom is 0.352 e. The van der Waals surface area contributed by atoms with Crippen LogP contribution in [-0.4, -0.2) is 5.97 Å². The standard InChI is InChI=1S/C12H13ClO2/c1-2-6-11(12(14)15-13)9-10-7-4-3-5-8-10/h3-5,7-9H,2,6H2,1H3/b11-9+. The quantitative estimate of drug-likeness (QED) is 0.731. The first kappa shape index (κ1) is 11.8. The molecule has 0 amide bonds. The van der Waals surface area contributed by atoms with E-state index in [1.54, 1.807) is 6.08 Å². The Labute approximate surface area is 94.7 Å². The molecule has 0 heterocycles. The van der Waals surface area contributed by atoms with Crippen molar-refractivity contribution in [3.63, 3.8) is 0 Å². The summed E-state index contributed by atoms with van der Waals surface area (Å²) in [6.45, 7) is 2.00. The van der Waals surface area contributed by atoms with Gasteiger partial charge in [-0.2, -0.15) is 0 Å². The zero-order valence-electron chi connectivity index (χ0n) is 8.57. The van der Waals surface area contributed by atoms with E-state index in [0.717, 1.165) is 12.0 Å². The van der Waals surface area contributed by atoms with Crippen LogP contribution in [0.15, 0.2) is 35.9 Å². The minimum absolute atomic E-state index is 0.470. The molecule has 1 rings (SSSR count). The summed E-state index contributed by atoms with van der Waals surface area (Å²) in [4.78, 5) is 11.3. The Hall–Kier alpha value is -1.28. The van der Waals surface area contributed by atoms with Gasteiger partial charge in [0, 0.05) is 5.57 Å². The highest BCUT2D eigenvalue weighted by atomic mass is 35.5. The molecule has 1 aromatic carbocycles. The molecule has 0 saturated carbocycles. The molecule has 0 unspecified atom stereocenters. The number of hydrogen-bond donors (Lipinski definition) is 0. The van der Waals surface area contributed by atoms with Crippen molar-refractivity contribution in [2.24, 2.45) is 0 Å². The monoisotopic (exact) mass is 224 g/mol. The van der Waals surface area contributed by atoms with Gasteiger partial charge in [-0.05, 0) is 18.1 Å². The molecule has 0 spiro atoms. The smallest absolute Gasteiger partial charge is 0.343 e. The van der Waals surface area contributed by atoms with E-state index in [1.807, 2.05) is 37.3 Å². The fourth-order valence-electron chi connectivity index (χ4n) is 1.30. The molecule has 0 aliphatic heterocycles. The first-order valence-corrected chi connectivity index (χ1v) is 5.17. The van der Waals surface area contributed by atoms with E-state index in [1.165, 1.54) is 0 Å². The molecule has 0 N–H and O–H groups in total. The fourth-order valence-corrected chi connectivity index (χ4v) is 1.40. The lowest BCUT2D eigenvalue weighted by molar-refractivity contribution is -0.129. The minimum atomic E-state index is -0.470. The molecular formula is C12H13ClO2. The van der Waals surface area contributed by atoms with E-state index < -0.39 is 5.97 Å². The second kappa shape index (κ2) is 6.25. The predicted molar refractivity (Wildman–Crippen MR) is 61.3 cm³/mol. The molecule has 0 aliphatic carbocycles. The second-order valence-electron chi connectivity index (χ2n) is 3.19. The minimum Gasteiger partial charge on any atom is -0.343 e. The van der Waals surface area contributed by atoms with Crippen LogP contribution in [0.3, 0.4) is 0 Å². The van der Waals surface area contributed by atoms with Crippen molar-refractivity contribution in [2.45, 2.75) is 19.8 Å². The Morgan fingerprint density at radius 3 is 2.60 bits per heavy atom. The number of hydrogen-bond acceptors (Lipinski definition) is 2. The van der Waals surface area contributed by atoms with Gasteiger partial charge in [0.25, 0.3) is 0 Å². The first-order chi connectivity index (χ1) is 7.27. The summed E-state index contributed by atoms with van der Waals surface area (Å²) < 4.78 is 4.20. The van der Waals surface area contributed by atoms with E-state index in [4.69, 9.17) is 11.9 Å². The number of carbonyl (C=O) groups is 1. The SMILES string of the molecule is CCC/C(=C\c1ccccc1)C(=O)OCl. The third-order valence-corrected chi connectivity index (χ3v) is 2.13. The van der Waals surface area contributed by atoms with Crippen LogP contribution in [-0.2, 0) is 9.08 Å². The van der Waals surface area contributed by atoms with Crippen molar-refractivity contribution in [3.05, 3.63) is 41.5 Å². The molecular weight excluding hydrogens is 212 g/mol. The predicted octanol–water partition coefficient (Wildman–Crippen LogP) is 3.57. The summed E-state index contributed by atoms with van der Waals surface area (Å²) in [5.41, 5.74) is 1.57. The normalized spacial score (nSPS) is 11.2. The van der Waals surface area contributed by atoms with Gasteiger partial charge in [-0.3, -0.25) is 0 Å². The van der Waals surface area contributed by atoms with Crippen LogP contribution < -0.4 is 0 Å². The fraction of sp³-hybridized carbons (Fsp3) is 0.250. The maximum atomic E-state index is 11.3. The van der Waals surface area contributed by atoms with Crippen molar-refractivity contribution < 1.29 is 9.08 Å². The molecule has 0 radical (unpaired) electrons. The second-order valence-corrected chi connectivity index (χ2v) is 3.35. The number of halogens is 1. The lowest BCUT2D eigenvalue weighted by Gasteiger charge is -2.01. The van der Waals surface area contributed by atoms with Gasteiger partial charge in [-0.1, -0.05) is 43.7 Å². The largest absolute Gasteiger partial charge is 0.352 e. The molecule has 0 atom stereocenters. The maximum absolute atomic E-state index is 11.3. The molecule has 15 heavy (non-hydrogen) atoms. The Morgan fingerprint density at radius 1 is 1.40 bits per heavy atom. The number of benzene rings is 1. The third-order valence-electron chi connectivity index (χ3n) is 1.99. The summed E-state index contributed by atoms with van der Waals surface area (Å²) >= 11 is 5.06. The summed E-state index contributed by atoms with van der Waals surface area (Å²) in [7, 11) is 0. The van der Waals surface area contributed by atoms with E-state index >= 15 is 0 Å². The molecule has 0 saturated heterocycles. The van der Waals surface area contributed by atoms with Gasteiger partial charge in [0.05, 0.1) is 0 Å². The molecule has 0 aliphatic rings. The highest BCUT2D eigenvalue weighted by Gasteiger charge is 2.09. The van der Waals surface area contributed by atoms with Gasteiger partial charge in [-0.25, -0.2) is 4.79 Å². The lowest BCUT2D eigenvalue weighted by Crippen LogP contribution is -2.01. The van der Waals surface area contributed by atoms with E-state index in [0.29, 0.717) is 12.0 Å². The molecule has 0 aromatic heterocycles. The lowest BCUT2D eigenvalue weighted by atomic mass is 10.1. The van der Waals surface area contributed by atoms with Crippen LogP contribution in [0.5, 0.6) is 0 Å². The Kier molecular flexibility index (Phi) is 4.91. The van der Waals surface area contributed by atoms with Crippen molar-refractivity contribution in [2.75, 3.05) is 0 Å². The van der Waals surface area contributed by atoms with Crippen LogP contribution in [0.4, 0.5) is 0 Å². The molecule has 0 bridgehead atoms. The van der Waals surface area contributed by atoms with Crippen LogP contribution >= 0.6 is 11.9 Å². The van der Waals surface area contributed by atoms with Crippen LogP contribution in [0.2, 0.25) is 0 Å². The molecule has 2 nitrogen and oxygen atoms in total. The average molecular weight is 225 g/mol. The summed E-state index contributed by atoms with van der Waals surface area (Å²) in [6, 6.07) is 9.62. The van der Waals surface area contributed by atoms with E-state index in [-0.39, 0.29) is 0 Å². The zero-order chi connectivity index (χ0) is 11.1. The molecule has 1 aromatic rings. The van der Waals surface area contributed by atoms with Crippen molar-refractivity contribution >= 4 is 23.9 Å². The van der Waals surface area contributed by atoms with Crippen molar-refractivity contribution in [1.82, 2.24) is 0 Å². The van der Waals surface area contributed by atoms with Crippen LogP contribution in [0, 0.1) is 0 Å². The Balaban J connectivity index is 2.88. The third kappa shape index (κ3) is 3.76. The zero-order valence-corrected chi connectivity index (χ0v) is 9.33. The molecule has 80 valence electrons. The summed E-state index contributed by atoms with van der Waals surface area (Å²) in [5.74, 6) is -0.470. The van der Waals surface area contributed by atoms with Crippen molar-refractivity contribution in [3.8, 4) is 0 Å². The van der Waals surface area contributed by atoms with E-state index in [2.05, 4.69) is 4.29 Å². The summed E-state index contributed by atoms with van der Waals surface area (Å²) in [5, 5.41) is 0.